The molecule has 0 aliphatic carbocycles. The van der Waals surface area contributed by atoms with E-state index in [1.165, 1.54) is 25.1 Å². The van der Waals surface area contributed by atoms with Gasteiger partial charge in [0.25, 0.3) is 0 Å². The van der Waals surface area contributed by atoms with E-state index < -0.39 is 0 Å². The van der Waals surface area contributed by atoms with E-state index in [1.807, 2.05) is 11.9 Å². The summed E-state index contributed by atoms with van der Waals surface area (Å²) >= 11 is 0. The van der Waals surface area contributed by atoms with Crippen LogP contribution in [0.25, 0.3) is 0 Å². The molecule has 1 aromatic heterocycles. The van der Waals surface area contributed by atoms with Gasteiger partial charge in [-0.25, -0.2) is 9.37 Å². The van der Waals surface area contributed by atoms with Gasteiger partial charge in [0.15, 0.2) is 0 Å². The number of nitrogens with zero attached hydrogens (tertiary/aromatic N) is 2. The highest BCUT2D eigenvalue weighted by Gasteiger charge is 2.08. The number of halogens is 1. The van der Waals surface area contributed by atoms with Crippen LogP contribution in [0.3, 0.4) is 0 Å². The van der Waals surface area contributed by atoms with Crippen molar-refractivity contribution in [1.82, 2.24) is 4.98 Å². The fraction of sp³-hybridized carbons (Fsp3) is 0.583. The highest BCUT2D eigenvalue weighted by atomic mass is 19.1. The Bertz CT molecular complexity index is 328. The number of hydrogen-bond donors (Lipinski definition) is 1. The quantitative estimate of drug-likeness (QED) is 0.755. The maximum Gasteiger partial charge on any atom is 0.141 e. The smallest absolute Gasteiger partial charge is 0.141 e. The van der Waals surface area contributed by atoms with E-state index in [4.69, 9.17) is 5.73 Å². The van der Waals surface area contributed by atoms with Gasteiger partial charge in [0.1, 0.15) is 11.6 Å². The summed E-state index contributed by atoms with van der Waals surface area (Å²) in [5.74, 6) is 0.464. The lowest BCUT2D eigenvalue weighted by Crippen LogP contribution is -2.22. The van der Waals surface area contributed by atoms with Crippen molar-refractivity contribution in [3.05, 3.63) is 23.6 Å². The molecular weight excluding hydrogens is 205 g/mol. The molecule has 0 amide bonds. The average molecular weight is 225 g/mol. The molecule has 0 aliphatic heterocycles. The zero-order valence-corrected chi connectivity index (χ0v) is 10.0. The van der Waals surface area contributed by atoms with Crippen molar-refractivity contribution >= 4 is 5.82 Å². The summed E-state index contributed by atoms with van der Waals surface area (Å²) in [4.78, 5) is 6.14. The summed E-state index contributed by atoms with van der Waals surface area (Å²) in [6.07, 6.45) is 4.75. The minimum atomic E-state index is -0.328. The molecule has 4 heteroatoms. The second-order valence-corrected chi connectivity index (χ2v) is 3.97. The van der Waals surface area contributed by atoms with Crippen LogP contribution in [0.1, 0.15) is 31.7 Å². The Kier molecular flexibility index (Phi) is 5.19. The molecule has 90 valence electrons. The molecule has 0 saturated heterocycles. The Morgan fingerprint density at radius 3 is 2.81 bits per heavy atom. The first-order chi connectivity index (χ1) is 7.69. The van der Waals surface area contributed by atoms with Gasteiger partial charge in [-0.2, -0.15) is 0 Å². The lowest BCUT2D eigenvalue weighted by atomic mass is 10.2. The molecule has 0 saturated carbocycles. The summed E-state index contributed by atoms with van der Waals surface area (Å²) in [6.45, 7) is 3.42. The normalized spacial score (nSPS) is 10.5. The third-order valence-corrected chi connectivity index (χ3v) is 2.59. The van der Waals surface area contributed by atoms with Crippen LogP contribution < -0.4 is 10.6 Å². The molecule has 0 spiro atoms. The van der Waals surface area contributed by atoms with Gasteiger partial charge in [0.2, 0.25) is 0 Å². The van der Waals surface area contributed by atoms with Crippen LogP contribution >= 0.6 is 0 Å². The van der Waals surface area contributed by atoms with Crippen LogP contribution in [0.15, 0.2) is 12.3 Å². The maximum absolute atomic E-state index is 13.0. The minimum Gasteiger partial charge on any atom is -0.359 e. The van der Waals surface area contributed by atoms with Crippen LogP contribution in [-0.4, -0.2) is 18.6 Å². The summed E-state index contributed by atoms with van der Waals surface area (Å²) in [5.41, 5.74) is 6.34. The lowest BCUT2D eigenvalue weighted by molar-refractivity contribution is 0.616. The molecule has 16 heavy (non-hydrogen) atoms. The largest absolute Gasteiger partial charge is 0.359 e. The van der Waals surface area contributed by atoms with Crippen LogP contribution in [-0.2, 0) is 6.54 Å². The molecule has 0 fully saturated rings. The minimum absolute atomic E-state index is 0.318. The molecule has 0 unspecified atom stereocenters. The van der Waals surface area contributed by atoms with Crippen LogP contribution in [0.5, 0.6) is 0 Å². The Hall–Kier alpha value is -1.16. The highest BCUT2D eigenvalue weighted by Crippen LogP contribution is 2.17. The number of nitrogens with two attached hydrogens (primary N) is 1. The number of unbranched alkanes of at least 4 members (excludes halogenated alkanes) is 2. The van der Waals surface area contributed by atoms with Crippen LogP contribution in [0.4, 0.5) is 10.2 Å². The Morgan fingerprint density at radius 2 is 2.19 bits per heavy atom. The molecule has 1 heterocycles. The second kappa shape index (κ2) is 6.43. The highest BCUT2D eigenvalue weighted by molar-refractivity contribution is 5.45. The van der Waals surface area contributed by atoms with Crippen molar-refractivity contribution in [2.75, 3.05) is 18.5 Å². The zero-order valence-electron chi connectivity index (χ0n) is 10.0. The lowest BCUT2D eigenvalue weighted by Gasteiger charge is -2.20. The fourth-order valence-corrected chi connectivity index (χ4v) is 1.67. The van der Waals surface area contributed by atoms with E-state index >= 15 is 0 Å². The van der Waals surface area contributed by atoms with E-state index in [1.54, 1.807) is 0 Å². The fourth-order valence-electron chi connectivity index (χ4n) is 1.67. The molecule has 0 atom stereocenters. The Labute approximate surface area is 96.5 Å². The summed E-state index contributed by atoms with van der Waals surface area (Å²) in [5, 5.41) is 0. The van der Waals surface area contributed by atoms with Gasteiger partial charge in [-0.15, -0.1) is 0 Å². The van der Waals surface area contributed by atoms with Gasteiger partial charge in [-0.05, 0) is 12.5 Å². The SMILES string of the molecule is CCCCCN(C)c1ncc(F)cc1CN. The zero-order chi connectivity index (χ0) is 12.0. The third-order valence-electron chi connectivity index (χ3n) is 2.59. The van der Waals surface area contributed by atoms with E-state index in [-0.39, 0.29) is 5.82 Å². The van der Waals surface area contributed by atoms with Crippen molar-refractivity contribution in [1.29, 1.82) is 0 Å². The predicted octanol–water partition coefficient (Wildman–Crippen LogP) is 2.31. The van der Waals surface area contributed by atoms with Gasteiger partial charge in [0.05, 0.1) is 6.20 Å². The first-order valence-electron chi connectivity index (χ1n) is 5.74. The topological polar surface area (TPSA) is 42.2 Å². The number of anilines is 1. The standard InChI is InChI=1S/C12H20FN3/c1-3-4-5-6-16(2)12-10(8-14)7-11(13)9-15-12/h7,9H,3-6,8,14H2,1-2H3. The van der Waals surface area contributed by atoms with Crippen LogP contribution in [0, 0.1) is 5.82 Å². The number of rotatable bonds is 6. The summed E-state index contributed by atoms with van der Waals surface area (Å²) in [6, 6.07) is 1.46. The molecule has 0 aliphatic rings. The summed E-state index contributed by atoms with van der Waals surface area (Å²) in [7, 11) is 1.97. The van der Waals surface area contributed by atoms with Gasteiger partial charge in [-0.3, -0.25) is 0 Å². The van der Waals surface area contributed by atoms with Gasteiger partial charge >= 0.3 is 0 Å². The Balaban J connectivity index is 2.70. The van der Waals surface area contributed by atoms with E-state index in [0.717, 1.165) is 24.3 Å². The maximum atomic E-state index is 13.0. The summed E-state index contributed by atoms with van der Waals surface area (Å²) < 4.78 is 13.0. The predicted molar refractivity (Wildman–Crippen MR) is 64.9 cm³/mol. The molecule has 0 aromatic carbocycles. The molecular formula is C12H20FN3. The Morgan fingerprint density at radius 1 is 1.44 bits per heavy atom. The second-order valence-electron chi connectivity index (χ2n) is 3.97. The third kappa shape index (κ3) is 3.45. The number of pyridine rings is 1. The van der Waals surface area contributed by atoms with Gasteiger partial charge < -0.3 is 10.6 Å². The monoisotopic (exact) mass is 225 g/mol. The molecule has 1 aromatic rings. The van der Waals surface area contributed by atoms with E-state index in [2.05, 4.69) is 11.9 Å². The van der Waals surface area contributed by atoms with E-state index in [9.17, 15) is 4.39 Å². The van der Waals surface area contributed by atoms with Crippen molar-refractivity contribution < 1.29 is 4.39 Å². The first-order valence-corrected chi connectivity index (χ1v) is 5.74. The van der Waals surface area contributed by atoms with Gasteiger partial charge in [0, 0.05) is 25.7 Å². The molecule has 0 radical (unpaired) electrons. The van der Waals surface area contributed by atoms with Crippen molar-refractivity contribution in [3.63, 3.8) is 0 Å². The van der Waals surface area contributed by atoms with Crippen molar-refractivity contribution in [3.8, 4) is 0 Å². The average Bonchev–Trinajstić information content (AvgIpc) is 2.29. The van der Waals surface area contributed by atoms with Crippen molar-refractivity contribution in [2.45, 2.75) is 32.7 Å². The van der Waals surface area contributed by atoms with E-state index in [0.29, 0.717) is 6.54 Å². The molecule has 2 N–H and O–H groups in total. The molecule has 0 bridgehead atoms. The number of hydrogen-bond acceptors (Lipinski definition) is 3. The number of aromatic nitrogens is 1. The first kappa shape index (κ1) is 12.9. The van der Waals surface area contributed by atoms with Crippen LogP contribution in [0.2, 0.25) is 0 Å². The molecule has 3 nitrogen and oxygen atoms in total. The van der Waals surface area contributed by atoms with Gasteiger partial charge in [-0.1, -0.05) is 19.8 Å². The molecule has 1 rings (SSSR count). The van der Waals surface area contributed by atoms with Crippen molar-refractivity contribution in [2.24, 2.45) is 5.73 Å².